The molecule has 0 radical (unpaired) electrons. The molecule has 0 aliphatic carbocycles. The number of halogens is 5. The summed E-state index contributed by atoms with van der Waals surface area (Å²) in [5.74, 6) is 0. The number of sulfonamides is 1. The van der Waals surface area contributed by atoms with Gasteiger partial charge < -0.3 is 0 Å². The molecule has 0 fully saturated rings. The Morgan fingerprint density at radius 2 is 1.73 bits per heavy atom. The molecule has 26 heavy (non-hydrogen) atoms. The van der Waals surface area contributed by atoms with Crippen LogP contribution in [0.15, 0.2) is 47.6 Å². The number of anilines is 2. The van der Waals surface area contributed by atoms with Gasteiger partial charge in [0, 0.05) is 10.6 Å². The number of hydrazone groups is 1. The molecule has 2 aromatic carbocycles. The first-order valence-electron chi connectivity index (χ1n) is 6.95. The van der Waals surface area contributed by atoms with Crippen LogP contribution in [0, 0.1) is 0 Å². The highest BCUT2D eigenvalue weighted by atomic mass is 35.5. The Hall–Kier alpha value is -1.97. The molecule has 0 aliphatic rings. The predicted molar refractivity (Wildman–Crippen MR) is 97.3 cm³/mol. The van der Waals surface area contributed by atoms with E-state index < -0.39 is 15.5 Å². The van der Waals surface area contributed by atoms with E-state index >= 15 is 0 Å². The number of benzene rings is 2. The maximum Gasteiger partial charge on any atom is 0.516 e. The second-order valence-corrected chi connectivity index (χ2v) is 7.55. The smallest absolute Gasteiger partial charge is 0.277 e. The van der Waals surface area contributed by atoms with Crippen molar-refractivity contribution in [3.05, 3.63) is 58.1 Å². The lowest BCUT2D eigenvalue weighted by Crippen LogP contribution is -2.30. The number of para-hydroxylation sites is 1. The van der Waals surface area contributed by atoms with Crippen molar-refractivity contribution in [3.63, 3.8) is 0 Å². The molecule has 0 spiro atoms. The van der Waals surface area contributed by atoms with Crippen molar-refractivity contribution in [1.82, 2.24) is 0 Å². The lowest BCUT2D eigenvalue weighted by atomic mass is 10.1. The van der Waals surface area contributed by atoms with Crippen molar-refractivity contribution >= 4 is 50.3 Å². The quantitative estimate of drug-likeness (QED) is 0.517. The van der Waals surface area contributed by atoms with Crippen LogP contribution in [0.3, 0.4) is 0 Å². The maximum absolute atomic E-state index is 12.6. The Labute approximate surface area is 157 Å². The van der Waals surface area contributed by atoms with Crippen molar-refractivity contribution in [2.75, 3.05) is 10.1 Å². The van der Waals surface area contributed by atoms with E-state index in [9.17, 15) is 21.6 Å². The summed E-state index contributed by atoms with van der Waals surface area (Å²) < 4.78 is 62.1. The maximum atomic E-state index is 12.6. The number of hydrogen-bond acceptors (Lipinski definition) is 4. The molecule has 5 nitrogen and oxygen atoms in total. The molecular weight excluding hydrogens is 414 g/mol. The number of rotatable bonds is 5. The highest BCUT2D eigenvalue weighted by Gasteiger charge is 2.46. The standard InChI is InChI=1S/C15H12Cl2F3N3O2S/c1-9(21-22-14-5-3-2-4-12(14)17)11-8-10(16)6-7-13(11)23-26(24,25)15(18,19)20/h2-8,22-23H,1H3. The number of nitrogens with one attached hydrogen (secondary N) is 2. The Bertz CT molecular complexity index is 947. The van der Waals surface area contributed by atoms with Crippen LogP contribution in [0.5, 0.6) is 0 Å². The van der Waals surface area contributed by atoms with E-state index in [1.165, 1.54) is 23.8 Å². The number of hydrogen-bond donors (Lipinski definition) is 2. The number of alkyl halides is 3. The van der Waals surface area contributed by atoms with Gasteiger partial charge in [0.05, 0.1) is 22.1 Å². The van der Waals surface area contributed by atoms with E-state index in [1.54, 1.807) is 24.3 Å². The predicted octanol–water partition coefficient (Wildman–Crippen LogP) is 5.09. The fourth-order valence-corrected chi connectivity index (χ4v) is 2.80. The van der Waals surface area contributed by atoms with Gasteiger partial charge in [-0.25, -0.2) is 0 Å². The Balaban J connectivity index is 2.38. The van der Waals surface area contributed by atoms with Crippen molar-refractivity contribution in [1.29, 1.82) is 0 Å². The molecule has 2 aromatic rings. The molecular formula is C15H12Cl2F3N3O2S. The minimum atomic E-state index is -5.58. The van der Waals surface area contributed by atoms with Gasteiger partial charge in [-0.05, 0) is 37.3 Å². The topological polar surface area (TPSA) is 70.6 Å². The zero-order chi connectivity index (χ0) is 19.5. The Morgan fingerprint density at radius 3 is 2.35 bits per heavy atom. The van der Waals surface area contributed by atoms with Crippen molar-refractivity contribution in [3.8, 4) is 0 Å². The first-order valence-corrected chi connectivity index (χ1v) is 9.19. The highest BCUT2D eigenvalue weighted by Crippen LogP contribution is 2.29. The largest absolute Gasteiger partial charge is 0.516 e. The van der Waals surface area contributed by atoms with Gasteiger partial charge in [0.2, 0.25) is 0 Å². The summed E-state index contributed by atoms with van der Waals surface area (Å²) in [6.07, 6.45) is 0. The van der Waals surface area contributed by atoms with Crippen LogP contribution in [-0.2, 0) is 10.0 Å². The van der Waals surface area contributed by atoms with Crippen LogP contribution in [0.1, 0.15) is 12.5 Å². The van der Waals surface area contributed by atoms with Crippen LogP contribution in [0.4, 0.5) is 24.5 Å². The van der Waals surface area contributed by atoms with E-state index in [2.05, 4.69) is 10.5 Å². The molecule has 0 amide bonds. The average molecular weight is 426 g/mol. The Kier molecular flexibility index (Phi) is 6.05. The number of nitrogens with zero attached hydrogens (tertiary/aromatic N) is 1. The van der Waals surface area contributed by atoms with Gasteiger partial charge in [0.1, 0.15) is 0 Å². The molecule has 0 atom stereocenters. The van der Waals surface area contributed by atoms with Gasteiger partial charge in [-0.1, -0.05) is 35.3 Å². The monoisotopic (exact) mass is 425 g/mol. The zero-order valence-electron chi connectivity index (χ0n) is 13.1. The first-order chi connectivity index (χ1) is 12.0. The molecule has 11 heteroatoms. The summed E-state index contributed by atoms with van der Waals surface area (Å²) in [5, 5.41) is 4.61. The van der Waals surface area contributed by atoms with Gasteiger partial charge in [-0.2, -0.15) is 26.7 Å². The molecule has 140 valence electrons. The summed E-state index contributed by atoms with van der Waals surface area (Å²) in [5.41, 5.74) is -2.37. The normalized spacial score (nSPS) is 12.8. The molecule has 0 saturated heterocycles. The first kappa shape index (κ1) is 20.3. The van der Waals surface area contributed by atoms with Crippen molar-refractivity contribution < 1.29 is 21.6 Å². The molecule has 0 aliphatic heterocycles. The van der Waals surface area contributed by atoms with E-state index in [1.807, 2.05) is 0 Å². The molecule has 0 unspecified atom stereocenters. The zero-order valence-corrected chi connectivity index (χ0v) is 15.4. The molecule has 0 aromatic heterocycles. The molecule has 0 saturated carbocycles. The second kappa shape index (κ2) is 7.73. The summed E-state index contributed by atoms with van der Waals surface area (Å²) in [7, 11) is -5.58. The summed E-state index contributed by atoms with van der Waals surface area (Å²) >= 11 is 11.8. The SMILES string of the molecule is CC(=NNc1ccccc1Cl)c1cc(Cl)ccc1NS(=O)(=O)C(F)(F)F. The van der Waals surface area contributed by atoms with Crippen molar-refractivity contribution in [2.24, 2.45) is 5.10 Å². The van der Waals surface area contributed by atoms with Gasteiger partial charge in [-0.3, -0.25) is 10.1 Å². The fourth-order valence-electron chi connectivity index (χ4n) is 1.86. The second-order valence-electron chi connectivity index (χ2n) is 5.03. The third-order valence-electron chi connectivity index (χ3n) is 3.14. The summed E-state index contributed by atoms with van der Waals surface area (Å²) in [6.45, 7) is 1.47. The van der Waals surface area contributed by atoms with E-state index in [0.29, 0.717) is 10.7 Å². The van der Waals surface area contributed by atoms with Gasteiger partial charge in [0.15, 0.2) is 0 Å². The van der Waals surface area contributed by atoms with Crippen LogP contribution in [-0.4, -0.2) is 19.6 Å². The van der Waals surface area contributed by atoms with Crippen LogP contribution >= 0.6 is 23.2 Å². The molecule has 2 N–H and O–H groups in total. The lowest BCUT2D eigenvalue weighted by Gasteiger charge is -2.14. The minimum absolute atomic E-state index is 0.0740. The van der Waals surface area contributed by atoms with Gasteiger partial charge in [-0.15, -0.1) is 0 Å². The molecule has 0 bridgehead atoms. The Morgan fingerprint density at radius 1 is 1.08 bits per heavy atom. The van der Waals surface area contributed by atoms with Crippen LogP contribution in [0.25, 0.3) is 0 Å². The lowest BCUT2D eigenvalue weighted by molar-refractivity contribution is -0.0429. The summed E-state index contributed by atoms with van der Waals surface area (Å²) in [6, 6.07) is 10.4. The molecule has 0 heterocycles. The van der Waals surface area contributed by atoms with Gasteiger partial charge >= 0.3 is 15.5 Å². The van der Waals surface area contributed by atoms with Crippen molar-refractivity contribution in [2.45, 2.75) is 12.4 Å². The fraction of sp³-hybridized carbons (Fsp3) is 0.133. The average Bonchev–Trinajstić information content (AvgIpc) is 2.54. The minimum Gasteiger partial charge on any atom is -0.277 e. The van der Waals surface area contributed by atoms with Gasteiger partial charge in [0.25, 0.3) is 0 Å². The van der Waals surface area contributed by atoms with E-state index in [4.69, 9.17) is 23.2 Å². The van der Waals surface area contributed by atoms with Crippen LogP contribution < -0.4 is 10.1 Å². The third kappa shape index (κ3) is 4.80. The third-order valence-corrected chi connectivity index (χ3v) is 4.80. The van der Waals surface area contributed by atoms with E-state index in [-0.39, 0.29) is 22.0 Å². The molecule has 2 rings (SSSR count). The van der Waals surface area contributed by atoms with E-state index in [0.717, 1.165) is 6.07 Å². The highest BCUT2D eigenvalue weighted by molar-refractivity contribution is 7.93. The summed E-state index contributed by atoms with van der Waals surface area (Å²) in [4.78, 5) is 0. The van der Waals surface area contributed by atoms with Crippen LogP contribution in [0.2, 0.25) is 10.0 Å².